The van der Waals surface area contributed by atoms with Crippen LogP contribution in [0.1, 0.15) is 19.8 Å². The summed E-state index contributed by atoms with van der Waals surface area (Å²) in [6.07, 6.45) is 0.163. The molecule has 0 N–H and O–H groups in total. The van der Waals surface area contributed by atoms with Crippen molar-refractivity contribution in [2.75, 3.05) is 63.3 Å². The van der Waals surface area contributed by atoms with Gasteiger partial charge in [-0.1, -0.05) is 0 Å². The summed E-state index contributed by atoms with van der Waals surface area (Å²) in [5, 5.41) is 0. The number of benzene rings is 2. The number of rotatable bonds is 10. The van der Waals surface area contributed by atoms with Crippen LogP contribution in [0.2, 0.25) is 0 Å². The Hall–Kier alpha value is -3.47. The van der Waals surface area contributed by atoms with Crippen molar-refractivity contribution in [1.82, 2.24) is 4.90 Å². The van der Waals surface area contributed by atoms with Crippen LogP contribution < -0.4 is 18.7 Å². The number of ether oxygens (including phenoxy) is 3. The molecule has 0 aliphatic carbocycles. The van der Waals surface area contributed by atoms with Gasteiger partial charge in [0.2, 0.25) is 5.91 Å². The highest BCUT2D eigenvalue weighted by Gasteiger charge is 2.27. The van der Waals surface area contributed by atoms with Crippen LogP contribution in [0, 0.1) is 0 Å². The predicted octanol–water partition coefficient (Wildman–Crippen LogP) is 2.52. The molecule has 0 saturated carbocycles. The van der Waals surface area contributed by atoms with E-state index in [9.17, 15) is 18.0 Å². The molecule has 1 amide bonds. The molecule has 196 valence electrons. The Labute approximate surface area is 212 Å². The van der Waals surface area contributed by atoms with Gasteiger partial charge in [0, 0.05) is 39.6 Å². The lowest BCUT2D eigenvalue weighted by Gasteiger charge is -2.37. The zero-order valence-electron chi connectivity index (χ0n) is 21.1. The Kier molecular flexibility index (Phi) is 9.03. The standard InChI is InChI=1S/C25H33N3O7S/c1-5-35-25(30)13-12-24(29)28-16-14-27(15-17-28)22-18-21(10-11-23(22)34-4)36(31,32)26(2)19-6-8-20(33-3)9-7-19/h6-11,18H,5,12-17H2,1-4H3. The van der Waals surface area contributed by atoms with Crippen LogP contribution in [0.15, 0.2) is 47.4 Å². The van der Waals surface area contributed by atoms with Gasteiger partial charge in [-0.05, 0) is 49.4 Å². The van der Waals surface area contributed by atoms with Crippen LogP contribution in [0.3, 0.4) is 0 Å². The SMILES string of the molecule is CCOC(=O)CCC(=O)N1CCN(c2cc(S(=O)(=O)N(C)c3ccc(OC)cc3)ccc2OC)CC1. The van der Waals surface area contributed by atoms with E-state index in [1.807, 2.05) is 4.90 Å². The number of nitrogens with zero attached hydrogens (tertiary/aromatic N) is 3. The maximum absolute atomic E-state index is 13.4. The zero-order chi connectivity index (χ0) is 26.3. The monoisotopic (exact) mass is 519 g/mol. The lowest BCUT2D eigenvalue weighted by atomic mass is 10.2. The average molecular weight is 520 g/mol. The number of hydrogen-bond acceptors (Lipinski definition) is 8. The molecule has 0 unspecified atom stereocenters. The van der Waals surface area contributed by atoms with E-state index in [0.29, 0.717) is 49.1 Å². The maximum Gasteiger partial charge on any atom is 0.306 e. The van der Waals surface area contributed by atoms with Gasteiger partial charge in [-0.15, -0.1) is 0 Å². The summed E-state index contributed by atoms with van der Waals surface area (Å²) in [6.45, 7) is 3.92. The number of sulfonamides is 1. The molecule has 0 radical (unpaired) electrons. The number of carbonyl (C=O) groups is 2. The van der Waals surface area contributed by atoms with Crippen LogP contribution in [-0.2, 0) is 24.3 Å². The Morgan fingerprint density at radius 1 is 0.944 bits per heavy atom. The first kappa shape index (κ1) is 27.1. The second kappa shape index (κ2) is 12.0. The Balaban J connectivity index is 1.73. The first-order valence-corrected chi connectivity index (χ1v) is 13.1. The lowest BCUT2D eigenvalue weighted by molar-refractivity contribution is -0.145. The fraction of sp³-hybridized carbons (Fsp3) is 0.440. The van der Waals surface area contributed by atoms with Crippen molar-refractivity contribution in [3.8, 4) is 11.5 Å². The molecule has 2 aromatic carbocycles. The van der Waals surface area contributed by atoms with Crippen LogP contribution >= 0.6 is 0 Å². The van der Waals surface area contributed by atoms with Crippen molar-refractivity contribution in [2.45, 2.75) is 24.7 Å². The Morgan fingerprint density at radius 3 is 2.19 bits per heavy atom. The molecule has 2 aromatic rings. The minimum Gasteiger partial charge on any atom is -0.497 e. The van der Waals surface area contributed by atoms with Gasteiger partial charge >= 0.3 is 5.97 Å². The fourth-order valence-electron chi connectivity index (χ4n) is 3.96. The molecule has 10 nitrogen and oxygen atoms in total. The number of amides is 1. The third-order valence-electron chi connectivity index (χ3n) is 6.07. The molecule has 3 rings (SSSR count). The van der Waals surface area contributed by atoms with E-state index < -0.39 is 10.0 Å². The molecule has 1 aliphatic rings. The van der Waals surface area contributed by atoms with Crippen LogP contribution in [0.25, 0.3) is 0 Å². The summed E-state index contributed by atoms with van der Waals surface area (Å²) in [4.78, 5) is 27.9. The van der Waals surface area contributed by atoms with Crippen LogP contribution in [0.4, 0.5) is 11.4 Å². The molecule has 1 saturated heterocycles. The highest BCUT2D eigenvalue weighted by Crippen LogP contribution is 2.33. The molecular formula is C25H33N3O7S. The number of piperazine rings is 1. The van der Waals surface area contributed by atoms with Crippen LogP contribution in [0.5, 0.6) is 11.5 Å². The smallest absolute Gasteiger partial charge is 0.306 e. The minimum atomic E-state index is -3.84. The summed E-state index contributed by atoms with van der Waals surface area (Å²) >= 11 is 0. The summed E-state index contributed by atoms with van der Waals surface area (Å²) in [6, 6.07) is 11.5. The van der Waals surface area contributed by atoms with Gasteiger partial charge in [0.25, 0.3) is 10.0 Å². The van der Waals surface area contributed by atoms with E-state index >= 15 is 0 Å². The highest BCUT2D eigenvalue weighted by molar-refractivity contribution is 7.92. The number of carbonyl (C=O) groups excluding carboxylic acids is 2. The van der Waals surface area contributed by atoms with Crippen molar-refractivity contribution >= 4 is 33.3 Å². The van der Waals surface area contributed by atoms with Gasteiger partial charge in [0.05, 0.1) is 43.5 Å². The van der Waals surface area contributed by atoms with E-state index in [1.54, 1.807) is 55.3 Å². The third-order valence-corrected chi connectivity index (χ3v) is 7.85. The Morgan fingerprint density at radius 2 is 1.61 bits per heavy atom. The molecule has 1 fully saturated rings. The second-order valence-electron chi connectivity index (χ2n) is 8.18. The van der Waals surface area contributed by atoms with Gasteiger partial charge in [0.1, 0.15) is 11.5 Å². The third kappa shape index (κ3) is 6.20. The summed E-state index contributed by atoms with van der Waals surface area (Å²) < 4.78 is 43.5. The summed E-state index contributed by atoms with van der Waals surface area (Å²) in [5.74, 6) is 0.692. The number of esters is 1. The number of anilines is 2. The molecule has 1 heterocycles. The summed E-state index contributed by atoms with van der Waals surface area (Å²) in [7, 11) is 0.744. The quantitative estimate of drug-likeness (QED) is 0.441. The summed E-state index contributed by atoms with van der Waals surface area (Å²) in [5.41, 5.74) is 1.14. The van der Waals surface area contributed by atoms with Gasteiger partial charge in [0.15, 0.2) is 0 Å². The number of hydrogen-bond donors (Lipinski definition) is 0. The molecule has 0 spiro atoms. The van der Waals surface area contributed by atoms with Crippen molar-refractivity contribution < 1.29 is 32.2 Å². The van der Waals surface area contributed by atoms with Crippen molar-refractivity contribution in [1.29, 1.82) is 0 Å². The first-order chi connectivity index (χ1) is 17.2. The van der Waals surface area contributed by atoms with Crippen molar-refractivity contribution in [2.24, 2.45) is 0 Å². The van der Waals surface area contributed by atoms with Crippen molar-refractivity contribution in [3.05, 3.63) is 42.5 Å². The Bertz CT molecular complexity index is 1160. The molecule has 0 atom stereocenters. The normalized spacial score (nSPS) is 13.8. The van der Waals surface area contributed by atoms with Crippen molar-refractivity contribution in [3.63, 3.8) is 0 Å². The van der Waals surface area contributed by atoms with Gasteiger partial charge < -0.3 is 24.0 Å². The zero-order valence-corrected chi connectivity index (χ0v) is 21.9. The van der Waals surface area contributed by atoms with E-state index in [-0.39, 0.29) is 36.2 Å². The van der Waals surface area contributed by atoms with E-state index in [2.05, 4.69) is 0 Å². The molecule has 1 aliphatic heterocycles. The van der Waals surface area contributed by atoms with Gasteiger partial charge in [-0.25, -0.2) is 8.42 Å². The fourth-order valence-corrected chi connectivity index (χ4v) is 5.18. The topological polar surface area (TPSA) is 106 Å². The average Bonchev–Trinajstić information content (AvgIpc) is 2.91. The molecular weight excluding hydrogens is 486 g/mol. The first-order valence-electron chi connectivity index (χ1n) is 11.7. The van der Waals surface area contributed by atoms with Crippen LogP contribution in [-0.4, -0.2) is 79.2 Å². The van der Waals surface area contributed by atoms with E-state index in [0.717, 1.165) is 0 Å². The second-order valence-corrected chi connectivity index (χ2v) is 10.1. The highest BCUT2D eigenvalue weighted by atomic mass is 32.2. The van der Waals surface area contributed by atoms with E-state index in [1.165, 1.54) is 24.5 Å². The molecule has 11 heteroatoms. The van der Waals surface area contributed by atoms with Gasteiger partial charge in [-0.2, -0.15) is 0 Å². The maximum atomic E-state index is 13.4. The predicted molar refractivity (Wildman–Crippen MR) is 136 cm³/mol. The van der Waals surface area contributed by atoms with Gasteiger partial charge in [-0.3, -0.25) is 13.9 Å². The minimum absolute atomic E-state index is 0.0579. The number of methoxy groups -OCH3 is 2. The van der Waals surface area contributed by atoms with E-state index in [4.69, 9.17) is 14.2 Å². The largest absolute Gasteiger partial charge is 0.497 e. The molecule has 0 bridgehead atoms. The lowest BCUT2D eigenvalue weighted by Crippen LogP contribution is -2.49. The molecule has 36 heavy (non-hydrogen) atoms. The molecule has 0 aromatic heterocycles.